The Labute approximate surface area is 122 Å². The van der Waals surface area contributed by atoms with Crippen LogP contribution in [0.4, 0.5) is 4.39 Å². The molecule has 1 N–H and O–H groups in total. The quantitative estimate of drug-likeness (QED) is 0.790. The maximum atomic E-state index is 13.5. The van der Waals surface area contributed by atoms with E-state index in [0.717, 1.165) is 23.0 Å². The summed E-state index contributed by atoms with van der Waals surface area (Å²) in [6.07, 6.45) is 6.18. The minimum Gasteiger partial charge on any atom is -0.311 e. The fourth-order valence-corrected chi connectivity index (χ4v) is 5.11. The Balaban J connectivity index is 1.85. The van der Waals surface area contributed by atoms with Gasteiger partial charge in [-0.25, -0.2) is 9.37 Å². The molecule has 2 saturated carbocycles. The standard InChI is InChI=1S/C17H18FN3/c18-12-1-2-14-15(8-12)20-17-11-4-9-3-10(5-11)7-13(6-9)21(17)16(14)19/h1-2,8-11,13,19H,3-7H2. The number of hydrogen-bond acceptors (Lipinski definition) is 2. The molecule has 2 aliphatic carbocycles. The van der Waals surface area contributed by atoms with Gasteiger partial charge in [-0.3, -0.25) is 5.41 Å². The molecule has 2 atom stereocenters. The zero-order valence-electron chi connectivity index (χ0n) is 11.8. The first-order valence-corrected chi connectivity index (χ1v) is 7.95. The van der Waals surface area contributed by atoms with E-state index in [1.54, 1.807) is 6.07 Å². The number of fused-ring (bicyclic) bond motifs is 1. The molecule has 21 heavy (non-hydrogen) atoms. The van der Waals surface area contributed by atoms with E-state index in [1.165, 1.54) is 44.2 Å². The van der Waals surface area contributed by atoms with Crippen molar-refractivity contribution in [2.45, 2.75) is 44.1 Å². The van der Waals surface area contributed by atoms with Crippen LogP contribution < -0.4 is 5.49 Å². The van der Waals surface area contributed by atoms with Crippen molar-refractivity contribution >= 4 is 10.9 Å². The Morgan fingerprint density at radius 2 is 1.86 bits per heavy atom. The zero-order chi connectivity index (χ0) is 14.1. The third kappa shape index (κ3) is 1.59. The van der Waals surface area contributed by atoms with Gasteiger partial charge in [-0.15, -0.1) is 0 Å². The van der Waals surface area contributed by atoms with Gasteiger partial charge in [0.25, 0.3) is 0 Å². The maximum Gasteiger partial charge on any atom is 0.135 e. The number of rotatable bonds is 0. The fraction of sp³-hybridized carbons (Fsp3) is 0.529. The lowest BCUT2D eigenvalue weighted by Gasteiger charge is -2.37. The molecule has 2 aliphatic heterocycles. The maximum absolute atomic E-state index is 13.5. The number of nitrogens with zero attached hydrogens (tertiary/aromatic N) is 2. The molecule has 0 spiro atoms. The van der Waals surface area contributed by atoms with Crippen molar-refractivity contribution in [3.05, 3.63) is 35.3 Å². The first-order valence-electron chi connectivity index (χ1n) is 7.95. The Hall–Kier alpha value is -1.71. The number of benzene rings is 1. The average molecular weight is 283 g/mol. The molecule has 0 saturated heterocycles. The second-order valence-electron chi connectivity index (χ2n) is 7.11. The highest BCUT2D eigenvalue weighted by Gasteiger charge is 2.43. The predicted molar refractivity (Wildman–Crippen MR) is 77.4 cm³/mol. The Bertz CT molecular complexity index is 796. The Morgan fingerprint density at radius 1 is 1.10 bits per heavy atom. The van der Waals surface area contributed by atoms with Crippen molar-refractivity contribution < 1.29 is 4.39 Å². The third-order valence-corrected chi connectivity index (χ3v) is 5.78. The first-order chi connectivity index (χ1) is 10.2. The molecule has 1 aromatic carbocycles. The van der Waals surface area contributed by atoms with Crippen LogP contribution in [0, 0.1) is 23.1 Å². The van der Waals surface area contributed by atoms with Crippen LogP contribution in [-0.4, -0.2) is 9.55 Å². The van der Waals surface area contributed by atoms with Gasteiger partial charge in [0.1, 0.15) is 17.1 Å². The summed E-state index contributed by atoms with van der Waals surface area (Å²) in [4.78, 5) is 4.80. The minimum atomic E-state index is -0.265. The molecule has 2 aromatic rings. The second kappa shape index (κ2) is 3.93. The molecule has 3 nitrogen and oxygen atoms in total. The summed E-state index contributed by atoms with van der Waals surface area (Å²) in [5.74, 6) is 2.85. The summed E-state index contributed by atoms with van der Waals surface area (Å²) in [6.45, 7) is 0. The van der Waals surface area contributed by atoms with Crippen LogP contribution in [-0.2, 0) is 0 Å². The van der Waals surface area contributed by atoms with Crippen LogP contribution in [0.3, 0.4) is 0 Å². The topological polar surface area (TPSA) is 41.7 Å². The summed E-state index contributed by atoms with van der Waals surface area (Å²) < 4.78 is 15.7. The van der Waals surface area contributed by atoms with E-state index in [1.807, 2.05) is 0 Å². The van der Waals surface area contributed by atoms with Gasteiger partial charge in [-0.05, 0) is 56.1 Å². The first kappa shape index (κ1) is 11.9. The molecule has 1 aromatic heterocycles. The molecule has 6 rings (SSSR count). The molecule has 4 bridgehead atoms. The van der Waals surface area contributed by atoms with Crippen molar-refractivity contribution in [3.63, 3.8) is 0 Å². The molecule has 4 heteroatoms. The van der Waals surface area contributed by atoms with E-state index in [9.17, 15) is 4.39 Å². The van der Waals surface area contributed by atoms with Gasteiger partial charge in [-0.1, -0.05) is 0 Å². The normalized spacial score (nSPS) is 33.2. The lowest BCUT2D eigenvalue weighted by Crippen LogP contribution is -2.31. The van der Waals surface area contributed by atoms with E-state index in [-0.39, 0.29) is 5.82 Å². The van der Waals surface area contributed by atoms with Crippen LogP contribution >= 0.6 is 0 Å². The van der Waals surface area contributed by atoms with Crippen LogP contribution in [0.15, 0.2) is 18.2 Å². The second-order valence-corrected chi connectivity index (χ2v) is 7.11. The van der Waals surface area contributed by atoms with E-state index in [4.69, 9.17) is 10.4 Å². The smallest absolute Gasteiger partial charge is 0.135 e. The SMILES string of the molecule is N=c1c2ccc(F)cc2nc2n1C1CC3CC(CC2C3)C1. The fourth-order valence-electron chi connectivity index (χ4n) is 5.11. The van der Waals surface area contributed by atoms with Gasteiger partial charge in [-0.2, -0.15) is 0 Å². The minimum absolute atomic E-state index is 0.265. The van der Waals surface area contributed by atoms with Crippen molar-refractivity contribution in [1.29, 1.82) is 5.41 Å². The number of nitrogens with one attached hydrogen (secondary N) is 1. The van der Waals surface area contributed by atoms with Crippen LogP contribution in [0.2, 0.25) is 0 Å². The molecule has 4 aliphatic rings. The van der Waals surface area contributed by atoms with Gasteiger partial charge in [0, 0.05) is 23.4 Å². The summed E-state index contributed by atoms with van der Waals surface area (Å²) in [5.41, 5.74) is 1.18. The van der Waals surface area contributed by atoms with Crippen molar-refractivity contribution in [3.8, 4) is 0 Å². The van der Waals surface area contributed by atoms with E-state index >= 15 is 0 Å². The zero-order valence-corrected chi connectivity index (χ0v) is 11.8. The Morgan fingerprint density at radius 3 is 2.62 bits per heavy atom. The highest BCUT2D eigenvalue weighted by molar-refractivity contribution is 5.77. The highest BCUT2D eigenvalue weighted by atomic mass is 19.1. The van der Waals surface area contributed by atoms with Crippen molar-refractivity contribution in [2.75, 3.05) is 0 Å². The average Bonchev–Trinajstić information content (AvgIpc) is 2.61. The number of hydrogen-bond donors (Lipinski definition) is 1. The van der Waals surface area contributed by atoms with Gasteiger partial charge in [0.15, 0.2) is 0 Å². The van der Waals surface area contributed by atoms with Gasteiger partial charge < -0.3 is 4.57 Å². The highest BCUT2D eigenvalue weighted by Crippen LogP contribution is 2.52. The Kier molecular flexibility index (Phi) is 2.23. The monoisotopic (exact) mass is 283 g/mol. The van der Waals surface area contributed by atoms with Gasteiger partial charge in [0.2, 0.25) is 0 Å². The largest absolute Gasteiger partial charge is 0.311 e. The van der Waals surface area contributed by atoms with Crippen LogP contribution in [0.1, 0.15) is 49.9 Å². The number of aromatic nitrogens is 2. The van der Waals surface area contributed by atoms with Crippen molar-refractivity contribution in [1.82, 2.24) is 9.55 Å². The molecule has 3 heterocycles. The van der Waals surface area contributed by atoms with Crippen molar-refractivity contribution in [2.24, 2.45) is 11.8 Å². The van der Waals surface area contributed by atoms with Crippen LogP contribution in [0.25, 0.3) is 10.9 Å². The summed E-state index contributed by atoms with van der Waals surface area (Å²) in [7, 11) is 0. The third-order valence-electron chi connectivity index (χ3n) is 5.78. The predicted octanol–water partition coefficient (Wildman–Crippen LogP) is 3.50. The van der Waals surface area contributed by atoms with Crippen LogP contribution in [0.5, 0.6) is 0 Å². The van der Waals surface area contributed by atoms with E-state index < -0.39 is 0 Å². The molecule has 0 amide bonds. The van der Waals surface area contributed by atoms with Gasteiger partial charge >= 0.3 is 0 Å². The number of halogens is 1. The molecular formula is C17H18FN3. The lowest BCUT2D eigenvalue weighted by molar-refractivity contribution is 0.150. The van der Waals surface area contributed by atoms with E-state index in [2.05, 4.69) is 4.57 Å². The molecule has 108 valence electrons. The molecule has 2 fully saturated rings. The molecule has 2 unspecified atom stereocenters. The van der Waals surface area contributed by atoms with Gasteiger partial charge in [0.05, 0.1) is 5.52 Å². The lowest BCUT2D eigenvalue weighted by atomic mass is 9.68. The summed E-state index contributed by atoms with van der Waals surface area (Å²) in [5, 5.41) is 9.40. The summed E-state index contributed by atoms with van der Waals surface area (Å²) >= 11 is 0. The molecule has 0 radical (unpaired) electrons. The van der Waals surface area contributed by atoms with E-state index in [0.29, 0.717) is 23.0 Å². The molecular weight excluding hydrogens is 265 g/mol. The summed E-state index contributed by atoms with van der Waals surface area (Å²) in [6, 6.07) is 5.06.